The zero-order chi connectivity index (χ0) is 18.8. The van der Waals surface area contributed by atoms with E-state index in [-0.39, 0.29) is 5.56 Å². The molecule has 0 aliphatic rings. The smallest absolute Gasteiger partial charge is 0.266 e. The van der Waals surface area contributed by atoms with Crippen molar-refractivity contribution in [2.45, 2.75) is 17.8 Å². The first-order valence-electron chi connectivity index (χ1n) is 8.59. The van der Waals surface area contributed by atoms with Crippen LogP contribution in [0.2, 0.25) is 5.02 Å². The predicted molar refractivity (Wildman–Crippen MR) is 113 cm³/mol. The summed E-state index contributed by atoms with van der Waals surface area (Å²) in [5.41, 5.74) is 3.67. The molecule has 5 heteroatoms. The minimum Gasteiger partial charge on any atom is -0.268 e. The molecule has 27 heavy (non-hydrogen) atoms. The molecule has 0 fully saturated rings. The summed E-state index contributed by atoms with van der Waals surface area (Å²) in [4.78, 5) is 18.0. The summed E-state index contributed by atoms with van der Waals surface area (Å²) in [7, 11) is 0. The van der Waals surface area contributed by atoms with Gasteiger partial charge in [0.1, 0.15) is 0 Å². The predicted octanol–water partition coefficient (Wildman–Crippen LogP) is 5.64. The average molecular weight is 393 g/mol. The third-order valence-electron chi connectivity index (χ3n) is 4.46. The Morgan fingerprint density at radius 2 is 1.67 bits per heavy atom. The number of aromatic nitrogens is 2. The molecule has 3 nitrogen and oxygen atoms in total. The summed E-state index contributed by atoms with van der Waals surface area (Å²) in [5, 5.41) is 1.74. The van der Waals surface area contributed by atoms with Gasteiger partial charge in [-0.3, -0.25) is 9.36 Å². The Kier molecular flexibility index (Phi) is 5.01. The third kappa shape index (κ3) is 3.51. The fourth-order valence-electron chi connectivity index (χ4n) is 2.97. The van der Waals surface area contributed by atoms with Crippen LogP contribution in [-0.2, 0) is 5.75 Å². The van der Waals surface area contributed by atoms with Crippen LogP contribution in [0.15, 0.2) is 82.7 Å². The topological polar surface area (TPSA) is 34.9 Å². The molecule has 1 heterocycles. The van der Waals surface area contributed by atoms with Crippen LogP contribution in [0.5, 0.6) is 0 Å². The molecular formula is C22H17ClN2OS. The van der Waals surface area contributed by atoms with Gasteiger partial charge >= 0.3 is 0 Å². The number of halogens is 1. The SMILES string of the molecule is Cc1ccccc1CSc1nc2ccccc2c(=O)n1-c1ccccc1Cl. The van der Waals surface area contributed by atoms with E-state index in [9.17, 15) is 4.79 Å². The Hall–Kier alpha value is -2.56. The number of aryl methyl sites for hydroxylation is 1. The van der Waals surface area contributed by atoms with Crippen molar-refractivity contribution in [2.75, 3.05) is 0 Å². The van der Waals surface area contributed by atoms with E-state index in [1.807, 2.05) is 48.5 Å². The molecule has 0 bridgehead atoms. The standard InChI is InChI=1S/C22H17ClN2OS/c1-15-8-2-3-9-16(15)14-27-22-24-19-12-6-4-10-17(19)21(26)25(22)20-13-7-5-11-18(20)23/h2-13H,14H2,1H3. The van der Waals surface area contributed by atoms with Crippen LogP contribution in [0.25, 0.3) is 16.6 Å². The van der Waals surface area contributed by atoms with E-state index in [1.165, 1.54) is 11.1 Å². The quantitative estimate of drug-likeness (QED) is 0.333. The highest BCUT2D eigenvalue weighted by Gasteiger charge is 2.15. The number of hydrogen-bond donors (Lipinski definition) is 0. The van der Waals surface area contributed by atoms with Gasteiger partial charge in [-0.1, -0.05) is 71.9 Å². The molecule has 0 atom stereocenters. The Bertz CT molecular complexity index is 1190. The monoisotopic (exact) mass is 392 g/mol. The normalized spacial score (nSPS) is 11.0. The lowest BCUT2D eigenvalue weighted by Gasteiger charge is -2.14. The second-order valence-electron chi connectivity index (χ2n) is 6.22. The number of hydrogen-bond acceptors (Lipinski definition) is 3. The Balaban J connectivity index is 1.88. The van der Waals surface area contributed by atoms with E-state index < -0.39 is 0 Å². The van der Waals surface area contributed by atoms with Gasteiger partial charge < -0.3 is 0 Å². The zero-order valence-electron chi connectivity index (χ0n) is 14.7. The zero-order valence-corrected chi connectivity index (χ0v) is 16.3. The first-order chi connectivity index (χ1) is 13.1. The van der Waals surface area contributed by atoms with Crippen LogP contribution in [0.3, 0.4) is 0 Å². The van der Waals surface area contributed by atoms with E-state index in [2.05, 4.69) is 19.1 Å². The molecular weight excluding hydrogens is 376 g/mol. The van der Waals surface area contributed by atoms with Crippen molar-refractivity contribution < 1.29 is 0 Å². The fourth-order valence-corrected chi connectivity index (χ4v) is 4.27. The summed E-state index contributed by atoms with van der Waals surface area (Å²) in [5.74, 6) is 0.724. The molecule has 0 saturated heterocycles. The van der Waals surface area contributed by atoms with E-state index in [0.29, 0.717) is 26.8 Å². The van der Waals surface area contributed by atoms with Crippen molar-refractivity contribution in [1.82, 2.24) is 9.55 Å². The molecule has 4 rings (SSSR count). The summed E-state index contributed by atoms with van der Waals surface area (Å²) in [6.45, 7) is 2.09. The molecule has 0 N–H and O–H groups in total. The van der Waals surface area contributed by atoms with Gasteiger partial charge in [-0.25, -0.2) is 4.98 Å². The van der Waals surface area contributed by atoms with Gasteiger partial charge in [0.25, 0.3) is 5.56 Å². The number of thioether (sulfide) groups is 1. The van der Waals surface area contributed by atoms with E-state index in [4.69, 9.17) is 16.6 Å². The van der Waals surface area contributed by atoms with Crippen molar-refractivity contribution >= 4 is 34.3 Å². The van der Waals surface area contributed by atoms with Crippen molar-refractivity contribution in [2.24, 2.45) is 0 Å². The molecule has 0 spiro atoms. The summed E-state index contributed by atoms with van der Waals surface area (Å²) >= 11 is 7.94. The van der Waals surface area contributed by atoms with E-state index >= 15 is 0 Å². The van der Waals surface area contributed by atoms with Crippen molar-refractivity contribution in [3.63, 3.8) is 0 Å². The highest BCUT2D eigenvalue weighted by atomic mass is 35.5. The maximum Gasteiger partial charge on any atom is 0.266 e. The maximum atomic E-state index is 13.2. The second-order valence-corrected chi connectivity index (χ2v) is 7.57. The fraction of sp³-hybridized carbons (Fsp3) is 0.0909. The van der Waals surface area contributed by atoms with Crippen LogP contribution in [0.4, 0.5) is 0 Å². The number of nitrogens with zero attached hydrogens (tertiary/aromatic N) is 2. The van der Waals surface area contributed by atoms with Crippen LogP contribution in [0.1, 0.15) is 11.1 Å². The Labute approximate surface area is 166 Å². The molecule has 1 aromatic heterocycles. The van der Waals surface area contributed by atoms with E-state index in [0.717, 1.165) is 5.75 Å². The van der Waals surface area contributed by atoms with Crippen LogP contribution >= 0.6 is 23.4 Å². The first-order valence-corrected chi connectivity index (χ1v) is 9.95. The van der Waals surface area contributed by atoms with Gasteiger partial charge in [0.05, 0.1) is 21.6 Å². The number of fused-ring (bicyclic) bond motifs is 1. The highest BCUT2D eigenvalue weighted by Crippen LogP contribution is 2.28. The van der Waals surface area contributed by atoms with Crippen LogP contribution in [0, 0.1) is 6.92 Å². The van der Waals surface area contributed by atoms with Gasteiger partial charge in [0.15, 0.2) is 5.16 Å². The van der Waals surface area contributed by atoms with Gasteiger partial charge in [0, 0.05) is 5.75 Å². The second kappa shape index (κ2) is 7.59. The lowest BCUT2D eigenvalue weighted by Crippen LogP contribution is -2.22. The van der Waals surface area contributed by atoms with Gasteiger partial charge in [0.2, 0.25) is 0 Å². The Morgan fingerprint density at radius 1 is 0.963 bits per heavy atom. The largest absolute Gasteiger partial charge is 0.268 e. The lowest BCUT2D eigenvalue weighted by molar-refractivity contribution is 0.819. The molecule has 0 saturated carbocycles. The maximum absolute atomic E-state index is 13.2. The summed E-state index contributed by atoms with van der Waals surface area (Å²) in [6.07, 6.45) is 0. The number of para-hydroxylation sites is 2. The van der Waals surface area contributed by atoms with Crippen molar-refractivity contribution in [3.8, 4) is 5.69 Å². The molecule has 0 unspecified atom stereocenters. The summed E-state index contributed by atoms with van der Waals surface area (Å²) in [6, 6.07) is 23.0. The van der Waals surface area contributed by atoms with Gasteiger partial charge in [-0.15, -0.1) is 0 Å². The molecule has 134 valence electrons. The number of benzene rings is 3. The highest BCUT2D eigenvalue weighted by molar-refractivity contribution is 7.98. The molecule has 0 radical (unpaired) electrons. The minimum atomic E-state index is -0.110. The van der Waals surface area contributed by atoms with E-state index in [1.54, 1.807) is 28.5 Å². The molecule has 0 aliphatic carbocycles. The molecule has 4 aromatic rings. The average Bonchev–Trinajstić information content (AvgIpc) is 2.68. The number of rotatable bonds is 4. The van der Waals surface area contributed by atoms with Crippen LogP contribution < -0.4 is 5.56 Å². The molecule has 0 amide bonds. The first kappa shape index (κ1) is 17.8. The summed E-state index contributed by atoms with van der Waals surface area (Å²) < 4.78 is 1.62. The lowest BCUT2D eigenvalue weighted by atomic mass is 10.1. The van der Waals surface area contributed by atoms with Gasteiger partial charge in [-0.2, -0.15) is 0 Å². The van der Waals surface area contributed by atoms with Crippen molar-refractivity contribution in [3.05, 3.63) is 99.3 Å². The van der Waals surface area contributed by atoms with Gasteiger partial charge in [-0.05, 0) is 42.3 Å². The third-order valence-corrected chi connectivity index (χ3v) is 5.76. The van der Waals surface area contributed by atoms with Crippen LogP contribution in [-0.4, -0.2) is 9.55 Å². The molecule has 3 aromatic carbocycles. The van der Waals surface area contributed by atoms with Crippen molar-refractivity contribution in [1.29, 1.82) is 0 Å². The minimum absolute atomic E-state index is 0.110. The molecule has 0 aliphatic heterocycles. The Morgan fingerprint density at radius 3 is 2.48 bits per heavy atom.